The van der Waals surface area contributed by atoms with Crippen LogP contribution in [0.3, 0.4) is 0 Å². The number of hydrogen-bond acceptors (Lipinski definition) is 15. The molecule has 2 N–H and O–H groups in total. The van der Waals surface area contributed by atoms with E-state index in [0.29, 0.717) is 50.5 Å². The molecule has 0 spiro atoms. The molecule has 1 saturated carbocycles. The first-order valence-electron chi connectivity index (χ1n) is 25.0. The smallest absolute Gasteiger partial charge is 0.329 e. The lowest BCUT2D eigenvalue weighted by Crippen LogP contribution is -2.62. The third kappa shape index (κ3) is 14.2. The number of methoxy groups -OCH3 is 3. The molecule has 3 aliphatic heterocycles. The van der Waals surface area contributed by atoms with Crippen molar-refractivity contribution in [3.63, 3.8) is 0 Å². The lowest BCUT2D eigenvalue weighted by molar-refractivity contribution is -0.231. The van der Waals surface area contributed by atoms with Crippen LogP contribution in [0.25, 0.3) is 0 Å². The minimum atomic E-state index is -2.86. The highest BCUT2D eigenvalue weighted by atomic mass is 16.6. The second-order valence-corrected chi connectivity index (χ2v) is 20.4. The molecular formula is C52H79N5O12. The number of nitrogens with zero attached hydrogens (tertiary/aromatic N) is 5. The van der Waals surface area contributed by atoms with Gasteiger partial charge in [0.15, 0.2) is 5.78 Å². The van der Waals surface area contributed by atoms with Crippen molar-refractivity contribution >= 4 is 29.2 Å². The van der Waals surface area contributed by atoms with Gasteiger partial charge in [-0.25, -0.2) is 9.48 Å². The van der Waals surface area contributed by atoms with E-state index in [9.17, 15) is 34.2 Å². The molecule has 17 nitrogen and oxygen atoms in total. The Morgan fingerprint density at radius 3 is 2.30 bits per heavy atom. The molecule has 4 heterocycles. The highest BCUT2D eigenvalue weighted by Gasteiger charge is 2.55. The summed E-state index contributed by atoms with van der Waals surface area (Å²) in [5.41, 5.74) is 1.24. The summed E-state index contributed by atoms with van der Waals surface area (Å²) in [5.74, 6) is -7.98. The molecule has 4 aliphatic rings. The molecular weight excluding hydrogens is 887 g/mol. The summed E-state index contributed by atoms with van der Waals surface area (Å²) in [6.45, 7) is 12.8. The minimum absolute atomic E-state index is 0.0124. The molecule has 69 heavy (non-hydrogen) atoms. The number of tetrazole rings is 1. The van der Waals surface area contributed by atoms with Gasteiger partial charge in [0.05, 0.1) is 24.4 Å². The van der Waals surface area contributed by atoms with Crippen LogP contribution in [0.15, 0.2) is 53.9 Å². The van der Waals surface area contributed by atoms with Gasteiger partial charge in [0, 0.05) is 58.5 Å². The van der Waals surface area contributed by atoms with Gasteiger partial charge in [-0.3, -0.25) is 19.2 Å². The van der Waals surface area contributed by atoms with Crippen LogP contribution in [0.1, 0.15) is 132 Å². The van der Waals surface area contributed by atoms with Crippen molar-refractivity contribution in [3.8, 4) is 0 Å². The average molecular weight is 966 g/mol. The molecule has 1 aromatic heterocycles. The van der Waals surface area contributed by atoms with Crippen molar-refractivity contribution in [2.24, 2.45) is 35.5 Å². The SMILES string of the molecule is CO[C@H]1C[C@@H]2CC[C@@H](C)C(=O)C(O)(O2)C(=O)N2CCCCC2C(=O)O[C@H]([C@H](C)C[C@@H]2CC[C@@H](n3cnnn3)[C@H](OC)C2)CC(=O)[C@H](C)/C=C(\C)[C@@H](O)[C@@H](OC)C(=O)[C@@H](C)C[C@H](C)/C=C/C=C/C=C/1C. The van der Waals surface area contributed by atoms with Crippen molar-refractivity contribution < 1.29 is 57.9 Å². The van der Waals surface area contributed by atoms with Crippen molar-refractivity contribution in [2.75, 3.05) is 27.9 Å². The van der Waals surface area contributed by atoms with Crippen LogP contribution in [0, 0.1) is 35.5 Å². The van der Waals surface area contributed by atoms with Crippen LogP contribution in [-0.2, 0) is 47.7 Å². The molecule has 2 unspecified atom stereocenters. The standard InChI is InChI=1S/C52H79N5O12/c1-31-16-12-11-13-17-32(2)43(65-8)28-39-21-19-33(3)49(61)52(64,69-39)51(63)56-23-15-14-18-41(56)50(62)68-44(35(5)26-38-20-22-40(45(27-38)66-9)57-30-53-54-55-57)29-42(58)34(4)25-37(7)47(60)48(67-10)46(59)36(6)24-31/h11-13,16-17,25,30-31,33-36,38-41,43-45,47-48,60,64H,14-15,18-24,26-29H2,1-10H3/b13-11+,16-12+,32-17+,37-25+/t31-,33-,34-,35-,36+,38+,39+,40-,41?,43+,44+,45-,47-,48+,52?/m1/s1. The number of aliphatic hydroxyl groups is 2. The van der Waals surface area contributed by atoms with E-state index in [0.717, 1.165) is 18.4 Å². The van der Waals surface area contributed by atoms with E-state index in [-0.39, 0.29) is 67.3 Å². The van der Waals surface area contributed by atoms with Crippen LogP contribution in [0.5, 0.6) is 0 Å². The Labute approximate surface area is 408 Å². The van der Waals surface area contributed by atoms with E-state index in [1.165, 1.54) is 12.0 Å². The zero-order chi connectivity index (χ0) is 50.6. The number of esters is 1. The third-order valence-electron chi connectivity index (χ3n) is 15.1. The summed E-state index contributed by atoms with van der Waals surface area (Å²) < 4.78 is 31.7. The maximum Gasteiger partial charge on any atom is 0.329 e. The molecule has 15 atom stereocenters. The first-order valence-corrected chi connectivity index (χ1v) is 25.0. The quantitative estimate of drug-likeness (QED) is 0.181. The number of allylic oxidation sites excluding steroid dienone is 6. The van der Waals surface area contributed by atoms with Crippen molar-refractivity contribution in [1.29, 1.82) is 0 Å². The van der Waals surface area contributed by atoms with Gasteiger partial charge in [-0.05, 0) is 117 Å². The molecule has 5 rings (SSSR count). The molecule has 0 radical (unpaired) electrons. The summed E-state index contributed by atoms with van der Waals surface area (Å²) in [4.78, 5) is 72.6. The van der Waals surface area contributed by atoms with Gasteiger partial charge in [0.1, 0.15) is 36.5 Å². The van der Waals surface area contributed by atoms with Gasteiger partial charge in [0.2, 0.25) is 5.78 Å². The number of cyclic esters (lactones) is 1. The Morgan fingerprint density at radius 1 is 0.870 bits per heavy atom. The van der Waals surface area contributed by atoms with Crippen LogP contribution < -0.4 is 0 Å². The number of ketones is 3. The Hall–Kier alpha value is -4.26. The van der Waals surface area contributed by atoms with Gasteiger partial charge < -0.3 is 38.8 Å². The lowest BCUT2D eigenvalue weighted by atomic mass is 9.77. The predicted octanol–water partition coefficient (Wildman–Crippen LogP) is 6.05. The van der Waals surface area contributed by atoms with Gasteiger partial charge in [-0.2, -0.15) is 0 Å². The first kappa shape index (κ1) is 55.7. The topological polar surface area (TPSA) is 219 Å². The van der Waals surface area contributed by atoms with E-state index in [1.54, 1.807) is 52.1 Å². The fourth-order valence-electron chi connectivity index (χ4n) is 10.7. The second kappa shape index (κ2) is 25.7. The lowest BCUT2D eigenvalue weighted by Gasteiger charge is -2.40. The largest absolute Gasteiger partial charge is 0.460 e. The van der Waals surface area contributed by atoms with E-state index < -0.39 is 77.8 Å². The number of ether oxygens (including phenoxy) is 5. The Bertz CT molecular complexity index is 2020. The molecule has 2 saturated heterocycles. The predicted molar refractivity (Wildman–Crippen MR) is 256 cm³/mol. The van der Waals surface area contributed by atoms with Gasteiger partial charge >= 0.3 is 11.8 Å². The van der Waals surface area contributed by atoms with Crippen molar-refractivity contribution in [1.82, 2.24) is 25.1 Å². The maximum absolute atomic E-state index is 14.7. The highest BCUT2D eigenvalue weighted by Crippen LogP contribution is 2.39. The number of amides is 1. The van der Waals surface area contributed by atoms with Gasteiger partial charge in [-0.1, -0.05) is 71.1 Å². The van der Waals surface area contributed by atoms with E-state index >= 15 is 0 Å². The number of carbonyl (C=O) groups is 5. The normalized spacial score (nSPS) is 38.8. The zero-order valence-corrected chi connectivity index (χ0v) is 42.5. The van der Waals surface area contributed by atoms with Crippen molar-refractivity contribution in [2.45, 2.75) is 180 Å². The molecule has 1 amide bonds. The molecule has 0 aromatic carbocycles. The number of hydrogen-bond donors (Lipinski definition) is 2. The second-order valence-electron chi connectivity index (χ2n) is 20.4. The average Bonchev–Trinajstić information content (AvgIpc) is 3.85. The Morgan fingerprint density at radius 2 is 1.62 bits per heavy atom. The minimum Gasteiger partial charge on any atom is -0.460 e. The Balaban J connectivity index is 1.49. The van der Waals surface area contributed by atoms with E-state index in [2.05, 4.69) is 15.5 Å². The fourth-order valence-corrected chi connectivity index (χ4v) is 10.7. The zero-order valence-electron chi connectivity index (χ0n) is 42.5. The van der Waals surface area contributed by atoms with Crippen LogP contribution >= 0.6 is 0 Å². The summed E-state index contributed by atoms with van der Waals surface area (Å²) in [7, 11) is 4.61. The van der Waals surface area contributed by atoms with Gasteiger partial charge in [0.25, 0.3) is 5.91 Å². The highest BCUT2D eigenvalue weighted by molar-refractivity contribution is 6.09. The maximum atomic E-state index is 14.7. The van der Waals surface area contributed by atoms with Crippen LogP contribution in [0.2, 0.25) is 0 Å². The molecule has 2 bridgehead atoms. The first-order chi connectivity index (χ1) is 32.8. The van der Waals surface area contributed by atoms with Crippen LogP contribution in [-0.4, -0.2) is 141 Å². The van der Waals surface area contributed by atoms with E-state index in [4.69, 9.17) is 23.7 Å². The summed E-state index contributed by atoms with van der Waals surface area (Å²) >= 11 is 0. The number of piperidine rings is 1. The molecule has 1 aliphatic carbocycles. The number of aromatic nitrogens is 4. The number of aliphatic hydroxyl groups excluding tert-OH is 1. The van der Waals surface area contributed by atoms with E-state index in [1.807, 2.05) is 58.1 Å². The van der Waals surface area contributed by atoms with Crippen molar-refractivity contribution in [3.05, 3.63) is 53.9 Å². The number of rotatable bonds is 7. The number of fused-ring (bicyclic) bond motifs is 3. The van der Waals surface area contributed by atoms with Crippen LogP contribution in [0.4, 0.5) is 0 Å². The summed E-state index contributed by atoms with van der Waals surface area (Å²) in [6.07, 6.45) is 13.4. The molecule has 1 aromatic rings. The monoisotopic (exact) mass is 966 g/mol. The fraction of sp³-hybridized carbons (Fsp3) is 0.731. The molecule has 17 heteroatoms. The summed E-state index contributed by atoms with van der Waals surface area (Å²) in [6, 6.07) is -1.21. The number of Topliss-reactive ketones (excluding diaryl/α,β-unsaturated/α-hetero) is 3. The van der Waals surface area contributed by atoms with Gasteiger partial charge in [-0.15, -0.1) is 5.10 Å². The Kier molecular flexibility index (Phi) is 20.8. The third-order valence-corrected chi connectivity index (χ3v) is 15.1. The summed E-state index contributed by atoms with van der Waals surface area (Å²) in [5, 5.41) is 35.4. The molecule has 384 valence electrons. The number of carbonyl (C=O) groups excluding carboxylic acids is 5. The molecule has 3 fully saturated rings.